The highest BCUT2D eigenvalue weighted by Crippen LogP contribution is 2.16. The van der Waals surface area contributed by atoms with Crippen molar-refractivity contribution in [3.63, 3.8) is 0 Å². The van der Waals surface area contributed by atoms with Gasteiger partial charge in [0.2, 0.25) is 0 Å². The standard InChI is InChI=1S/C27H46O2.C20H40/c1-3-4-5-6-7-8-9-10-11-12-13-14-15-16-17-18-27(28)29-24-23-26-21-19-25(2)20-22-26;1-4-5-6-7-8-9-10-11-12-13-14-15-16-17-18-19-20(2)3/h19-22H,3-18,23-24H2,1-2H3;2,4-19H2,1,3H3. The van der Waals surface area contributed by atoms with E-state index in [0.29, 0.717) is 13.0 Å². The van der Waals surface area contributed by atoms with Crippen LogP contribution in [0.25, 0.3) is 0 Å². The van der Waals surface area contributed by atoms with Crippen molar-refractivity contribution in [3.05, 3.63) is 47.5 Å². The van der Waals surface area contributed by atoms with Gasteiger partial charge in [-0.2, -0.15) is 0 Å². The average molecular weight is 683 g/mol. The van der Waals surface area contributed by atoms with E-state index in [4.69, 9.17) is 4.74 Å². The summed E-state index contributed by atoms with van der Waals surface area (Å²) in [6.07, 6.45) is 44.5. The molecule has 0 unspecified atom stereocenters. The Labute approximate surface area is 308 Å². The molecule has 0 bridgehead atoms. The van der Waals surface area contributed by atoms with Gasteiger partial charge in [0.25, 0.3) is 0 Å². The molecule has 0 radical (unpaired) electrons. The average Bonchev–Trinajstić information content (AvgIpc) is 3.09. The fraction of sp³-hybridized carbons (Fsp3) is 0.809. The van der Waals surface area contributed by atoms with E-state index in [1.165, 1.54) is 203 Å². The lowest BCUT2D eigenvalue weighted by atomic mass is 10.0. The van der Waals surface area contributed by atoms with Crippen LogP contribution in [0.15, 0.2) is 36.4 Å². The summed E-state index contributed by atoms with van der Waals surface area (Å²) in [5.74, 6) is -0.0354. The number of carbonyl (C=O) groups excluding carboxylic acids is 1. The number of hydrogen-bond acceptors (Lipinski definition) is 2. The topological polar surface area (TPSA) is 26.3 Å². The number of carbonyl (C=O) groups is 1. The second-order valence-electron chi connectivity index (χ2n) is 15.3. The van der Waals surface area contributed by atoms with Crippen LogP contribution in [0, 0.1) is 6.92 Å². The van der Waals surface area contributed by atoms with Crippen LogP contribution in [0.4, 0.5) is 0 Å². The SMILES string of the molecule is C=C(C)CCCCCCCCCCCCCCCCC.CCCCCCCCCCCCCCCCCC(=O)OCCc1ccc(C)cc1. The van der Waals surface area contributed by atoms with Crippen LogP contribution in [0.3, 0.4) is 0 Å². The van der Waals surface area contributed by atoms with E-state index in [0.717, 1.165) is 19.3 Å². The molecule has 0 aliphatic heterocycles. The Morgan fingerprint density at radius 3 is 1.12 bits per heavy atom. The largest absolute Gasteiger partial charge is 0.465 e. The monoisotopic (exact) mass is 683 g/mol. The summed E-state index contributed by atoms with van der Waals surface area (Å²) in [6, 6.07) is 8.43. The van der Waals surface area contributed by atoms with Gasteiger partial charge in [0.1, 0.15) is 0 Å². The van der Waals surface area contributed by atoms with Crippen LogP contribution in [0.5, 0.6) is 0 Å². The third-order valence-electron chi connectivity index (χ3n) is 9.97. The number of esters is 1. The number of aryl methyl sites for hydroxylation is 1. The van der Waals surface area contributed by atoms with Gasteiger partial charge in [-0.15, -0.1) is 6.58 Å². The van der Waals surface area contributed by atoms with Gasteiger partial charge in [0.15, 0.2) is 0 Å². The van der Waals surface area contributed by atoms with Gasteiger partial charge >= 0.3 is 5.97 Å². The zero-order chi connectivity index (χ0) is 35.9. The van der Waals surface area contributed by atoms with E-state index in [1.807, 2.05) is 0 Å². The quantitative estimate of drug-likeness (QED) is 0.0405. The molecule has 2 heteroatoms. The predicted molar refractivity (Wildman–Crippen MR) is 220 cm³/mol. The number of unbranched alkanes of at least 4 members (excludes halogenated alkanes) is 28. The second-order valence-corrected chi connectivity index (χ2v) is 15.3. The van der Waals surface area contributed by atoms with Crippen LogP contribution in [0.2, 0.25) is 0 Å². The molecule has 1 aromatic rings. The van der Waals surface area contributed by atoms with Crippen LogP contribution >= 0.6 is 0 Å². The van der Waals surface area contributed by atoms with E-state index in [9.17, 15) is 4.79 Å². The zero-order valence-electron chi connectivity index (χ0n) is 33.9. The molecule has 2 nitrogen and oxygen atoms in total. The summed E-state index contributed by atoms with van der Waals surface area (Å²) in [4.78, 5) is 11.8. The van der Waals surface area contributed by atoms with Crippen molar-refractivity contribution in [2.45, 2.75) is 240 Å². The molecule has 1 aromatic carbocycles. The predicted octanol–water partition coefficient (Wildman–Crippen LogP) is 16.2. The van der Waals surface area contributed by atoms with E-state index >= 15 is 0 Å². The van der Waals surface area contributed by atoms with E-state index in [1.54, 1.807) is 0 Å². The van der Waals surface area contributed by atoms with E-state index in [-0.39, 0.29) is 5.97 Å². The van der Waals surface area contributed by atoms with Crippen molar-refractivity contribution in [2.24, 2.45) is 0 Å². The molecule has 0 spiro atoms. The van der Waals surface area contributed by atoms with Crippen molar-refractivity contribution < 1.29 is 9.53 Å². The van der Waals surface area contributed by atoms with Gasteiger partial charge in [-0.25, -0.2) is 0 Å². The lowest BCUT2D eigenvalue weighted by Gasteiger charge is -2.06. The fourth-order valence-corrected chi connectivity index (χ4v) is 6.55. The molecule has 0 atom stereocenters. The number of hydrogen-bond donors (Lipinski definition) is 0. The summed E-state index contributed by atoms with van der Waals surface area (Å²) in [7, 11) is 0. The van der Waals surface area contributed by atoms with Crippen molar-refractivity contribution in [1.82, 2.24) is 0 Å². The zero-order valence-corrected chi connectivity index (χ0v) is 33.9. The Kier molecular flexibility index (Phi) is 38.0. The Morgan fingerprint density at radius 1 is 0.490 bits per heavy atom. The Balaban J connectivity index is 0.00000101. The van der Waals surface area contributed by atoms with Gasteiger partial charge < -0.3 is 4.74 Å². The van der Waals surface area contributed by atoms with Gasteiger partial charge in [0.05, 0.1) is 6.61 Å². The summed E-state index contributed by atoms with van der Waals surface area (Å²) in [5, 5.41) is 0. The fourth-order valence-electron chi connectivity index (χ4n) is 6.55. The van der Waals surface area contributed by atoms with Crippen LogP contribution < -0.4 is 0 Å². The maximum absolute atomic E-state index is 11.8. The van der Waals surface area contributed by atoms with E-state index < -0.39 is 0 Å². The normalized spacial score (nSPS) is 10.9. The lowest BCUT2D eigenvalue weighted by Crippen LogP contribution is -2.07. The Bertz CT molecular complexity index is 810. The van der Waals surface area contributed by atoms with Crippen molar-refractivity contribution in [2.75, 3.05) is 6.61 Å². The van der Waals surface area contributed by atoms with Crippen molar-refractivity contribution in [3.8, 4) is 0 Å². The highest BCUT2D eigenvalue weighted by Gasteiger charge is 2.03. The Morgan fingerprint density at radius 2 is 0.796 bits per heavy atom. The summed E-state index contributed by atoms with van der Waals surface area (Å²) in [6.45, 7) is 13.3. The number of ether oxygens (including phenoxy) is 1. The molecule has 1 rings (SSSR count). The first kappa shape index (κ1) is 47.4. The summed E-state index contributed by atoms with van der Waals surface area (Å²) >= 11 is 0. The Hall–Kier alpha value is -1.57. The highest BCUT2D eigenvalue weighted by molar-refractivity contribution is 5.69. The molecule has 0 amide bonds. The third kappa shape index (κ3) is 39.1. The highest BCUT2D eigenvalue weighted by atomic mass is 16.5. The number of benzene rings is 1. The maximum atomic E-state index is 11.8. The molecule has 0 aliphatic rings. The summed E-state index contributed by atoms with van der Waals surface area (Å²) in [5.41, 5.74) is 3.84. The minimum absolute atomic E-state index is 0.0354. The molecule has 0 fully saturated rings. The lowest BCUT2D eigenvalue weighted by molar-refractivity contribution is -0.143. The van der Waals surface area contributed by atoms with Gasteiger partial charge in [-0.05, 0) is 38.7 Å². The number of allylic oxidation sites excluding steroid dienone is 1. The maximum Gasteiger partial charge on any atom is 0.305 e. The molecular weight excluding hydrogens is 597 g/mol. The third-order valence-corrected chi connectivity index (χ3v) is 9.97. The van der Waals surface area contributed by atoms with Crippen molar-refractivity contribution >= 4 is 5.97 Å². The van der Waals surface area contributed by atoms with Crippen molar-refractivity contribution in [1.29, 1.82) is 0 Å². The molecule has 0 aliphatic carbocycles. The second kappa shape index (κ2) is 39.2. The molecule has 0 aromatic heterocycles. The molecule has 0 N–H and O–H groups in total. The molecule has 286 valence electrons. The smallest absolute Gasteiger partial charge is 0.305 e. The first-order valence-electron chi connectivity index (χ1n) is 21.8. The molecule has 0 saturated heterocycles. The van der Waals surface area contributed by atoms with Gasteiger partial charge in [-0.1, -0.05) is 229 Å². The molecular formula is C47H86O2. The van der Waals surface area contributed by atoms with E-state index in [2.05, 4.69) is 58.5 Å². The first-order valence-corrected chi connectivity index (χ1v) is 21.8. The minimum Gasteiger partial charge on any atom is -0.465 e. The van der Waals surface area contributed by atoms with Crippen LogP contribution in [-0.2, 0) is 16.0 Å². The number of rotatable bonds is 35. The van der Waals surface area contributed by atoms with Crippen LogP contribution in [0.1, 0.15) is 237 Å². The molecule has 49 heavy (non-hydrogen) atoms. The molecule has 0 heterocycles. The molecule has 0 saturated carbocycles. The van der Waals surface area contributed by atoms with Crippen LogP contribution in [-0.4, -0.2) is 12.6 Å². The summed E-state index contributed by atoms with van der Waals surface area (Å²) < 4.78 is 5.36. The van der Waals surface area contributed by atoms with Gasteiger partial charge in [0, 0.05) is 12.8 Å². The minimum atomic E-state index is -0.0354. The van der Waals surface area contributed by atoms with Gasteiger partial charge in [-0.3, -0.25) is 4.79 Å². The first-order chi connectivity index (χ1) is 24.0.